The van der Waals surface area contributed by atoms with Crippen LogP contribution in [0, 0.1) is 13.8 Å². The zero-order chi connectivity index (χ0) is 15.4. The number of ether oxygens (including phenoxy) is 2. The third-order valence-electron chi connectivity index (χ3n) is 3.21. The second-order valence-corrected chi connectivity index (χ2v) is 5.77. The molecule has 2 rings (SSSR count). The van der Waals surface area contributed by atoms with Gasteiger partial charge in [0.05, 0.1) is 4.88 Å². The smallest absolute Gasteiger partial charge is 0.338 e. The van der Waals surface area contributed by atoms with Crippen molar-refractivity contribution in [1.29, 1.82) is 0 Å². The molecule has 2 aromatic rings. The Morgan fingerprint density at radius 2 is 2.10 bits per heavy atom. The summed E-state index contributed by atoms with van der Waals surface area (Å²) in [6.45, 7) is 4.32. The third-order valence-corrected chi connectivity index (χ3v) is 4.21. The maximum atomic E-state index is 11.2. The Balaban J connectivity index is 2.16. The van der Waals surface area contributed by atoms with Crippen LogP contribution in [0.4, 0.5) is 0 Å². The minimum atomic E-state index is -0.993. The predicted octanol–water partition coefficient (Wildman–Crippen LogP) is 3.72. The SMILES string of the molecule is COC(C(=O)O)c1sccc1COc1cc(C)ccc1C. The second kappa shape index (κ2) is 6.74. The molecule has 21 heavy (non-hydrogen) atoms. The van der Waals surface area contributed by atoms with Crippen LogP contribution in [0.15, 0.2) is 29.6 Å². The Bertz CT molecular complexity index is 633. The molecule has 0 aliphatic heterocycles. The molecule has 1 unspecified atom stereocenters. The number of carboxylic acid groups (broad SMARTS) is 1. The van der Waals surface area contributed by atoms with Crippen LogP contribution in [-0.4, -0.2) is 18.2 Å². The van der Waals surface area contributed by atoms with Crippen molar-refractivity contribution in [2.45, 2.75) is 26.6 Å². The monoisotopic (exact) mass is 306 g/mol. The van der Waals surface area contributed by atoms with Crippen molar-refractivity contribution >= 4 is 17.3 Å². The summed E-state index contributed by atoms with van der Waals surface area (Å²) < 4.78 is 10.9. The van der Waals surface area contributed by atoms with Crippen LogP contribution >= 0.6 is 11.3 Å². The summed E-state index contributed by atoms with van der Waals surface area (Å²) in [4.78, 5) is 11.9. The van der Waals surface area contributed by atoms with E-state index < -0.39 is 12.1 Å². The molecule has 1 N–H and O–H groups in total. The molecule has 0 spiro atoms. The van der Waals surface area contributed by atoms with Gasteiger partial charge in [-0.3, -0.25) is 0 Å². The van der Waals surface area contributed by atoms with E-state index in [2.05, 4.69) is 0 Å². The summed E-state index contributed by atoms with van der Waals surface area (Å²) in [5.74, 6) is -0.177. The van der Waals surface area contributed by atoms with Crippen LogP contribution in [0.5, 0.6) is 5.75 Å². The lowest BCUT2D eigenvalue weighted by Crippen LogP contribution is -2.14. The van der Waals surface area contributed by atoms with E-state index >= 15 is 0 Å². The first kappa shape index (κ1) is 15.5. The molecule has 112 valence electrons. The van der Waals surface area contributed by atoms with Crippen molar-refractivity contribution in [3.05, 3.63) is 51.2 Å². The quantitative estimate of drug-likeness (QED) is 0.884. The second-order valence-electron chi connectivity index (χ2n) is 4.82. The molecule has 0 aliphatic carbocycles. The highest BCUT2D eigenvalue weighted by Crippen LogP contribution is 2.29. The summed E-state index contributed by atoms with van der Waals surface area (Å²) in [7, 11) is 1.40. The summed E-state index contributed by atoms with van der Waals surface area (Å²) in [5.41, 5.74) is 3.02. The molecule has 5 heteroatoms. The van der Waals surface area contributed by atoms with Gasteiger partial charge in [0.15, 0.2) is 6.10 Å². The number of aryl methyl sites for hydroxylation is 2. The fourth-order valence-corrected chi connectivity index (χ4v) is 3.01. The van der Waals surface area contributed by atoms with Gasteiger partial charge in [0.25, 0.3) is 0 Å². The average Bonchev–Trinajstić information content (AvgIpc) is 2.88. The highest BCUT2D eigenvalue weighted by atomic mass is 32.1. The fourth-order valence-electron chi connectivity index (χ4n) is 2.04. The highest BCUT2D eigenvalue weighted by molar-refractivity contribution is 7.10. The third kappa shape index (κ3) is 3.62. The number of aliphatic carboxylic acids is 1. The van der Waals surface area contributed by atoms with Crippen molar-refractivity contribution in [1.82, 2.24) is 0 Å². The zero-order valence-corrected chi connectivity index (χ0v) is 13.1. The molecule has 0 bridgehead atoms. The average molecular weight is 306 g/mol. The number of carboxylic acids is 1. The Morgan fingerprint density at radius 3 is 2.76 bits per heavy atom. The number of benzene rings is 1. The number of rotatable bonds is 6. The van der Waals surface area contributed by atoms with Gasteiger partial charge in [0.2, 0.25) is 0 Å². The number of methoxy groups -OCH3 is 1. The van der Waals surface area contributed by atoms with E-state index in [9.17, 15) is 9.90 Å². The van der Waals surface area contributed by atoms with E-state index in [1.165, 1.54) is 18.4 Å². The molecule has 0 saturated heterocycles. The Morgan fingerprint density at radius 1 is 1.33 bits per heavy atom. The van der Waals surface area contributed by atoms with Crippen LogP contribution in [-0.2, 0) is 16.1 Å². The van der Waals surface area contributed by atoms with Gasteiger partial charge in [-0.1, -0.05) is 12.1 Å². The minimum absolute atomic E-state index is 0.330. The summed E-state index contributed by atoms with van der Waals surface area (Å²) >= 11 is 1.37. The van der Waals surface area contributed by atoms with Gasteiger partial charge in [0.1, 0.15) is 12.4 Å². The molecule has 0 radical (unpaired) electrons. The first-order chi connectivity index (χ1) is 10.0. The Labute approximate surface area is 128 Å². The van der Waals surface area contributed by atoms with E-state index in [4.69, 9.17) is 9.47 Å². The van der Waals surface area contributed by atoms with Crippen LogP contribution in [0.2, 0.25) is 0 Å². The zero-order valence-electron chi connectivity index (χ0n) is 12.3. The molecular weight excluding hydrogens is 288 g/mol. The molecule has 1 aromatic heterocycles. The van der Waals surface area contributed by atoms with E-state index in [0.29, 0.717) is 11.5 Å². The van der Waals surface area contributed by atoms with Gasteiger partial charge in [-0.2, -0.15) is 0 Å². The normalized spacial score (nSPS) is 12.1. The lowest BCUT2D eigenvalue weighted by molar-refractivity contribution is -0.148. The highest BCUT2D eigenvalue weighted by Gasteiger charge is 2.23. The Kier molecular flexibility index (Phi) is 4.98. The van der Waals surface area contributed by atoms with Crippen LogP contribution < -0.4 is 4.74 Å². The summed E-state index contributed by atoms with van der Waals surface area (Å²) in [6, 6.07) is 7.89. The first-order valence-corrected chi connectivity index (χ1v) is 7.42. The van der Waals surface area contributed by atoms with Gasteiger partial charge in [0, 0.05) is 12.7 Å². The number of hydrogen-bond donors (Lipinski definition) is 1. The van der Waals surface area contributed by atoms with Crippen molar-refractivity contribution in [2.24, 2.45) is 0 Å². The largest absolute Gasteiger partial charge is 0.489 e. The van der Waals surface area contributed by atoms with E-state index in [-0.39, 0.29) is 0 Å². The molecule has 1 aromatic carbocycles. The molecule has 1 heterocycles. The number of thiophene rings is 1. The summed E-state index contributed by atoms with van der Waals surface area (Å²) in [6.07, 6.45) is -0.942. The van der Waals surface area contributed by atoms with Crippen LogP contribution in [0.3, 0.4) is 0 Å². The van der Waals surface area contributed by atoms with E-state index in [1.807, 2.05) is 43.5 Å². The maximum Gasteiger partial charge on any atom is 0.338 e. The standard InChI is InChI=1S/C16H18O4S/c1-10-4-5-11(2)13(8-10)20-9-12-6-7-21-15(12)14(19-3)16(17)18/h4-8,14H,9H2,1-3H3,(H,17,18). The van der Waals surface area contributed by atoms with E-state index in [1.54, 1.807) is 0 Å². The minimum Gasteiger partial charge on any atom is -0.489 e. The topological polar surface area (TPSA) is 55.8 Å². The van der Waals surface area contributed by atoms with Crippen molar-refractivity contribution < 1.29 is 19.4 Å². The van der Waals surface area contributed by atoms with Gasteiger partial charge in [-0.25, -0.2) is 4.79 Å². The predicted molar refractivity (Wildman–Crippen MR) is 82.0 cm³/mol. The van der Waals surface area contributed by atoms with Gasteiger partial charge >= 0.3 is 5.97 Å². The molecule has 0 fully saturated rings. The van der Waals surface area contributed by atoms with E-state index in [0.717, 1.165) is 22.4 Å². The maximum absolute atomic E-state index is 11.2. The molecule has 0 aliphatic rings. The lowest BCUT2D eigenvalue weighted by atomic mass is 10.1. The Hall–Kier alpha value is -1.85. The van der Waals surface area contributed by atoms with Crippen molar-refractivity contribution in [3.8, 4) is 5.75 Å². The van der Waals surface area contributed by atoms with Gasteiger partial charge < -0.3 is 14.6 Å². The number of carbonyl (C=O) groups is 1. The summed E-state index contributed by atoms with van der Waals surface area (Å²) in [5, 5.41) is 11.0. The molecule has 0 saturated carbocycles. The van der Waals surface area contributed by atoms with Crippen LogP contribution in [0.25, 0.3) is 0 Å². The van der Waals surface area contributed by atoms with Crippen molar-refractivity contribution in [3.63, 3.8) is 0 Å². The molecule has 4 nitrogen and oxygen atoms in total. The molecule has 1 atom stereocenters. The molecule has 0 amide bonds. The molecular formula is C16H18O4S. The first-order valence-electron chi connectivity index (χ1n) is 6.55. The van der Waals surface area contributed by atoms with Crippen LogP contribution in [0.1, 0.15) is 27.7 Å². The fraction of sp³-hybridized carbons (Fsp3) is 0.312. The number of hydrogen-bond acceptors (Lipinski definition) is 4. The van der Waals surface area contributed by atoms with Crippen molar-refractivity contribution in [2.75, 3.05) is 7.11 Å². The lowest BCUT2D eigenvalue weighted by Gasteiger charge is -2.13. The van der Waals surface area contributed by atoms with Gasteiger partial charge in [-0.05, 0) is 42.5 Å². The van der Waals surface area contributed by atoms with Gasteiger partial charge in [-0.15, -0.1) is 11.3 Å².